The number of anilines is 2. The lowest BCUT2D eigenvalue weighted by molar-refractivity contribution is -0.138. The number of ether oxygens (including phenoxy) is 1. The fourth-order valence-electron chi connectivity index (χ4n) is 4.90. The molecular weight excluding hydrogens is 467 g/mol. The van der Waals surface area contributed by atoms with Crippen molar-refractivity contribution >= 4 is 34.7 Å². The minimum Gasteiger partial charge on any atom is -0.374 e. The van der Waals surface area contributed by atoms with Crippen molar-refractivity contribution in [2.45, 2.75) is 44.6 Å². The van der Waals surface area contributed by atoms with Crippen LogP contribution in [-0.2, 0) is 10.9 Å². The van der Waals surface area contributed by atoms with Crippen molar-refractivity contribution in [3.8, 4) is 6.07 Å². The number of aryl methyl sites for hydroxylation is 1. The van der Waals surface area contributed by atoms with Crippen LogP contribution in [0, 0.1) is 18.3 Å². The number of nitrogens with zero attached hydrogens (tertiary/aromatic N) is 4. The van der Waals surface area contributed by atoms with Gasteiger partial charge in [-0.2, -0.15) is 23.5 Å². The molecule has 34 heavy (non-hydrogen) atoms. The van der Waals surface area contributed by atoms with E-state index in [1.165, 1.54) is 18.2 Å². The van der Waals surface area contributed by atoms with Gasteiger partial charge in [0.1, 0.15) is 0 Å². The Bertz CT molecular complexity index is 1280. The zero-order chi connectivity index (χ0) is 23.3. The molecule has 6 nitrogen and oxygen atoms in total. The molecule has 2 fully saturated rings. The summed E-state index contributed by atoms with van der Waals surface area (Å²) < 4.78 is 47.0. The van der Waals surface area contributed by atoms with E-state index in [-0.39, 0.29) is 24.1 Å². The van der Waals surface area contributed by atoms with Crippen LogP contribution in [0.25, 0.3) is 10.8 Å². The number of rotatable bonds is 4. The molecule has 2 aliphatic heterocycles. The number of benzene rings is 2. The van der Waals surface area contributed by atoms with E-state index in [0.29, 0.717) is 18.5 Å². The van der Waals surface area contributed by atoms with Crippen LogP contribution in [0.2, 0.25) is 0 Å². The van der Waals surface area contributed by atoms with Crippen LogP contribution in [0.4, 0.5) is 24.7 Å². The van der Waals surface area contributed by atoms with Crippen molar-refractivity contribution in [2.24, 2.45) is 0 Å². The minimum absolute atomic E-state index is 0. The predicted molar refractivity (Wildman–Crippen MR) is 125 cm³/mol. The van der Waals surface area contributed by atoms with Crippen LogP contribution in [-0.4, -0.2) is 35.5 Å². The monoisotopic (exact) mass is 489 g/mol. The lowest BCUT2D eigenvalue weighted by Gasteiger charge is -2.29. The number of hydrogen-bond acceptors (Lipinski definition) is 6. The number of morpholine rings is 1. The molecule has 10 heteroatoms. The molecule has 2 aromatic carbocycles. The van der Waals surface area contributed by atoms with E-state index in [0.717, 1.165) is 35.1 Å². The Kier molecular flexibility index (Phi) is 6.32. The fourth-order valence-corrected chi connectivity index (χ4v) is 4.90. The smallest absolute Gasteiger partial charge is 0.374 e. The highest BCUT2D eigenvalue weighted by molar-refractivity contribution is 5.95. The molecular formula is C24H23ClF3N5O. The van der Waals surface area contributed by atoms with Gasteiger partial charge in [-0.05, 0) is 44.0 Å². The quantitative estimate of drug-likeness (QED) is 0.529. The maximum atomic E-state index is 13.8. The van der Waals surface area contributed by atoms with E-state index in [9.17, 15) is 18.4 Å². The Balaban J connectivity index is 0.00000274. The third-order valence-corrected chi connectivity index (χ3v) is 6.50. The highest BCUT2D eigenvalue weighted by Gasteiger charge is 2.39. The second-order valence-electron chi connectivity index (χ2n) is 8.61. The first kappa shape index (κ1) is 24.0. The van der Waals surface area contributed by atoms with Gasteiger partial charge < -0.3 is 15.0 Å². The van der Waals surface area contributed by atoms with Crippen molar-refractivity contribution in [1.29, 1.82) is 5.26 Å². The highest BCUT2D eigenvalue weighted by Crippen LogP contribution is 2.39. The molecule has 2 saturated heterocycles. The van der Waals surface area contributed by atoms with Gasteiger partial charge in [-0.25, -0.2) is 0 Å². The van der Waals surface area contributed by atoms with Crippen molar-refractivity contribution in [2.75, 3.05) is 23.4 Å². The highest BCUT2D eigenvalue weighted by atomic mass is 35.5. The standard InChI is InChI=1S/C24H22F3N5O.ClH/c1-13(20-5-3-4-15(10-28)22(20)24(25,26)27)29-23-21-9-16(6-7-19(21)14(2)30-31-23)32-11-18-8-17(32)12-33-18;/h3-7,9,13,17-18H,8,11-12H2,1-2H3,(H,29,31);1H/t13-,17-,18-;/m1./s1. The summed E-state index contributed by atoms with van der Waals surface area (Å²) in [5.74, 6) is 0.404. The number of halogens is 4. The molecule has 3 heterocycles. The molecule has 3 atom stereocenters. The van der Waals surface area contributed by atoms with Crippen LogP contribution in [0.3, 0.4) is 0 Å². The number of aromatic nitrogens is 2. The summed E-state index contributed by atoms with van der Waals surface area (Å²) in [5, 5.41) is 22.5. The first-order valence-corrected chi connectivity index (χ1v) is 10.8. The molecule has 0 amide bonds. The Labute approximate surface area is 201 Å². The van der Waals surface area contributed by atoms with Crippen LogP contribution in [0.15, 0.2) is 36.4 Å². The van der Waals surface area contributed by atoms with E-state index in [1.807, 2.05) is 25.1 Å². The summed E-state index contributed by atoms with van der Waals surface area (Å²) in [4.78, 5) is 2.31. The van der Waals surface area contributed by atoms with Crippen molar-refractivity contribution in [3.05, 3.63) is 58.8 Å². The van der Waals surface area contributed by atoms with Gasteiger partial charge in [-0.15, -0.1) is 17.5 Å². The fraction of sp³-hybridized carbons (Fsp3) is 0.375. The van der Waals surface area contributed by atoms with Crippen molar-refractivity contribution < 1.29 is 17.9 Å². The Morgan fingerprint density at radius 3 is 2.65 bits per heavy atom. The lowest BCUT2D eigenvalue weighted by Crippen LogP contribution is -2.36. The maximum Gasteiger partial charge on any atom is 0.418 e. The molecule has 3 aromatic rings. The zero-order valence-corrected chi connectivity index (χ0v) is 19.4. The maximum absolute atomic E-state index is 13.8. The van der Waals surface area contributed by atoms with Crippen molar-refractivity contribution in [3.63, 3.8) is 0 Å². The molecule has 0 unspecified atom stereocenters. The SMILES string of the molecule is Cc1nnc(N[C@H](C)c2cccc(C#N)c2C(F)(F)F)c2cc(N3C[C@H]4C[C@@H]3CO4)ccc12.Cl. The predicted octanol–water partition coefficient (Wildman–Crippen LogP) is 5.40. The minimum atomic E-state index is -4.65. The third kappa shape index (κ3) is 4.12. The first-order valence-electron chi connectivity index (χ1n) is 10.8. The molecule has 2 bridgehead atoms. The largest absolute Gasteiger partial charge is 0.418 e. The van der Waals surface area contributed by atoms with Crippen molar-refractivity contribution in [1.82, 2.24) is 10.2 Å². The Morgan fingerprint density at radius 2 is 2.00 bits per heavy atom. The first-order chi connectivity index (χ1) is 15.8. The Hall–Kier alpha value is -3.09. The number of fused-ring (bicyclic) bond motifs is 3. The molecule has 1 aromatic heterocycles. The molecule has 1 N–H and O–H groups in total. The molecule has 0 radical (unpaired) electrons. The summed E-state index contributed by atoms with van der Waals surface area (Å²) in [6, 6.07) is 11.3. The van der Waals surface area contributed by atoms with Gasteiger partial charge in [0.15, 0.2) is 5.82 Å². The van der Waals surface area contributed by atoms with Crippen LogP contribution in [0.5, 0.6) is 0 Å². The Morgan fingerprint density at radius 1 is 1.21 bits per heavy atom. The number of alkyl halides is 3. The number of nitrogens with one attached hydrogen (secondary N) is 1. The van der Waals surface area contributed by atoms with Gasteiger partial charge in [-0.1, -0.05) is 18.2 Å². The average Bonchev–Trinajstić information content (AvgIpc) is 3.43. The molecule has 0 saturated carbocycles. The average molecular weight is 490 g/mol. The van der Waals surface area contributed by atoms with E-state index < -0.39 is 23.3 Å². The van der Waals surface area contributed by atoms with Gasteiger partial charge in [-0.3, -0.25) is 0 Å². The van der Waals surface area contributed by atoms with E-state index in [1.54, 1.807) is 13.0 Å². The number of hydrogen-bond donors (Lipinski definition) is 1. The van der Waals surface area contributed by atoms with Gasteiger partial charge >= 0.3 is 6.18 Å². The van der Waals surface area contributed by atoms with Gasteiger partial charge in [0.2, 0.25) is 0 Å². The van der Waals surface area contributed by atoms with Gasteiger partial charge in [0.05, 0.1) is 47.7 Å². The third-order valence-electron chi connectivity index (χ3n) is 6.50. The summed E-state index contributed by atoms with van der Waals surface area (Å²) in [7, 11) is 0. The molecule has 2 aliphatic rings. The molecule has 0 spiro atoms. The normalized spacial score (nSPS) is 20.2. The second-order valence-corrected chi connectivity index (χ2v) is 8.61. The summed E-state index contributed by atoms with van der Waals surface area (Å²) in [6.45, 7) is 5.00. The van der Waals surface area contributed by atoms with Crippen LogP contribution >= 0.6 is 12.4 Å². The second kappa shape index (κ2) is 8.93. The van der Waals surface area contributed by atoms with E-state index in [2.05, 4.69) is 20.4 Å². The van der Waals surface area contributed by atoms with E-state index in [4.69, 9.17) is 4.74 Å². The topological polar surface area (TPSA) is 74.1 Å². The molecule has 0 aliphatic carbocycles. The summed E-state index contributed by atoms with van der Waals surface area (Å²) in [5.41, 5.74) is 0.433. The number of nitriles is 1. The lowest BCUT2D eigenvalue weighted by atomic mass is 9.96. The van der Waals surface area contributed by atoms with E-state index >= 15 is 0 Å². The van der Waals surface area contributed by atoms with Gasteiger partial charge in [0, 0.05) is 23.0 Å². The molecule has 178 valence electrons. The van der Waals surface area contributed by atoms with Crippen LogP contribution < -0.4 is 10.2 Å². The summed E-state index contributed by atoms with van der Waals surface area (Å²) in [6.07, 6.45) is -3.40. The molecule has 5 rings (SSSR count). The zero-order valence-electron chi connectivity index (χ0n) is 18.6. The van der Waals surface area contributed by atoms with Gasteiger partial charge in [0.25, 0.3) is 0 Å². The summed E-state index contributed by atoms with van der Waals surface area (Å²) >= 11 is 0. The van der Waals surface area contributed by atoms with Crippen LogP contribution in [0.1, 0.15) is 41.8 Å².